The molecule has 0 aliphatic carbocycles. The molecule has 2 aliphatic rings. The van der Waals surface area contributed by atoms with Gasteiger partial charge in [0.2, 0.25) is 0 Å². The summed E-state index contributed by atoms with van der Waals surface area (Å²) in [5.74, 6) is 0.956. The van der Waals surface area contributed by atoms with Gasteiger partial charge < -0.3 is 15.0 Å². The molecular formula is C21H26N2O2S. The number of amides is 1. The summed E-state index contributed by atoms with van der Waals surface area (Å²) >= 11 is 1.50. The second-order valence-electron chi connectivity index (χ2n) is 7.57. The van der Waals surface area contributed by atoms with E-state index in [9.17, 15) is 4.79 Å². The summed E-state index contributed by atoms with van der Waals surface area (Å²) in [5.41, 5.74) is 2.17. The number of piperidine rings is 1. The van der Waals surface area contributed by atoms with Crippen molar-refractivity contribution in [1.29, 1.82) is 0 Å². The largest absolute Gasteiger partial charge is 0.489 e. The topological polar surface area (TPSA) is 41.6 Å². The lowest BCUT2D eigenvalue weighted by atomic mass is 9.98. The fraction of sp³-hybridized carbons (Fsp3) is 0.476. The molecule has 3 heterocycles. The fourth-order valence-corrected chi connectivity index (χ4v) is 5.04. The molecule has 0 radical (unpaired) electrons. The van der Waals surface area contributed by atoms with Crippen molar-refractivity contribution in [3.63, 3.8) is 0 Å². The number of ether oxygens (including phenoxy) is 1. The van der Waals surface area contributed by atoms with Crippen LogP contribution >= 0.6 is 11.3 Å². The quantitative estimate of drug-likeness (QED) is 0.865. The normalized spacial score (nSPS) is 25.2. The molecule has 1 amide bonds. The van der Waals surface area contributed by atoms with Gasteiger partial charge in [-0.05, 0) is 62.7 Å². The number of rotatable bonds is 5. The molecule has 2 aliphatic heterocycles. The van der Waals surface area contributed by atoms with Gasteiger partial charge in [0.1, 0.15) is 12.4 Å². The van der Waals surface area contributed by atoms with Crippen molar-refractivity contribution in [1.82, 2.24) is 10.2 Å². The van der Waals surface area contributed by atoms with Crippen molar-refractivity contribution in [2.45, 2.75) is 57.3 Å². The molecule has 4 nitrogen and oxygen atoms in total. The molecule has 2 saturated heterocycles. The molecule has 26 heavy (non-hydrogen) atoms. The summed E-state index contributed by atoms with van der Waals surface area (Å²) in [6, 6.07) is 11.5. The Morgan fingerprint density at radius 1 is 1.27 bits per heavy atom. The number of thiophene rings is 1. The summed E-state index contributed by atoms with van der Waals surface area (Å²) in [5, 5.41) is 5.28. The zero-order chi connectivity index (χ0) is 18.1. The fourth-order valence-electron chi connectivity index (χ4n) is 4.24. The van der Waals surface area contributed by atoms with Crippen LogP contribution in [0.5, 0.6) is 5.75 Å². The van der Waals surface area contributed by atoms with Crippen molar-refractivity contribution in [3.05, 3.63) is 51.7 Å². The van der Waals surface area contributed by atoms with Crippen molar-refractivity contribution in [3.8, 4) is 5.75 Å². The van der Waals surface area contributed by atoms with Crippen LogP contribution in [0.25, 0.3) is 0 Å². The lowest BCUT2D eigenvalue weighted by Gasteiger charge is -2.36. The van der Waals surface area contributed by atoms with Crippen LogP contribution in [-0.2, 0) is 6.61 Å². The predicted molar refractivity (Wildman–Crippen MR) is 105 cm³/mol. The third-order valence-electron chi connectivity index (χ3n) is 5.80. The number of carbonyl (C=O) groups is 1. The van der Waals surface area contributed by atoms with Gasteiger partial charge in [0.15, 0.2) is 0 Å². The van der Waals surface area contributed by atoms with E-state index < -0.39 is 0 Å². The van der Waals surface area contributed by atoms with Gasteiger partial charge in [-0.2, -0.15) is 0 Å². The highest BCUT2D eigenvalue weighted by Gasteiger charge is 2.38. The van der Waals surface area contributed by atoms with E-state index in [2.05, 4.69) is 17.3 Å². The third kappa shape index (κ3) is 3.64. The van der Waals surface area contributed by atoms with Crippen LogP contribution in [0.2, 0.25) is 0 Å². The van der Waals surface area contributed by atoms with Gasteiger partial charge in [-0.1, -0.05) is 18.2 Å². The Kier molecular flexibility index (Phi) is 5.00. The van der Waals surface area contributed by atoms with Gasteiger partial charge in [-0.3, -0.25) is 4.79 Å². The molecule has 4 rings (SSSR count). The second kappa shape index (κ2) is 7.41. The first-order valence-electron chi connectivity index (χ1n) is 9.39. The predicted octanol–water partition coefficient (Wildman–Crippen LogP) is 3.99. The minimum absolute atomic E-state index is 0.0612. The van der Waals surface area contributed by atoms with Gasteiger partial charge in [0.05, 0.1) is 4.88 Å². The first kappa shape index (κ1) is 17.6. The maximum absolute atomic E-state index is 12.6. The number of fused-ring (bicyclic) bond motifs is 2. The van der Waals surface area contributed by atoms with Crippen LogP contribution in [0.1, 0.15) is 46.5 Å². The first-order valence-corrected chi connectivity index (χ1v) is 10.3. The molecule has 1 N–H and O–H groups in total. The van der Waals surface area contributed by atoms with E-state index in [-0.39, 0.29) is 5.91 Å². The summed E-state index contributed by atoms with van der Waals surface area (Å²) in [6.45, 7) is 2.53. The van der Waals surface area contributed by atoms with Crippen molar-refractivity contribution >= 4 is 17.2 Å². The van der Waals surface area contributed by atoms with Crippen LogP contribution in [0, 0.1) is 6.92 Å². The highest BCUT2D eigenvalue weighted by atomic mass is 32.1. The molecule has 0 saturated carbocycles. The first-order chi connectivity index (χ1) is 12.6. The summed E-state index contributed by atoms with van der Waals surface area (Å²) < 4.78 is 5.88. The Morgan fingerprint density at radius 2 is 2.00 bits per heavy atom. The number of para-hydroxylation sites is 1. The minimum atomic E-state index is 0.0612. The van der Waals surface area contributed by atoms with Gasteiger partial charge in [0, 0.05) is 23.7 Å². The number of hydrogen-bond acceptors (Lipinski definition) is 4. The molecule has 1 aromatic carbocycles. The Labute approximate surface area is 159 Å². The molecular weight excluding hydrogens is 344 g/mol. The molecule has 5 heteroatoms. The van der Waals surface area contributed by atoms with E-state index in [0.29, 0.717) is 24.7 Å². The van der Waals surface area contributed by atoms with E-state index in [1.807, 2.05) is 42.6 Å². The summed E-state index contributed by atoms with van der Waals surface area (Å²) in [4.78, 5) is 15.9. The number of carbonyl (C=O) groups excluding carboxylic acids is 1. The average Bonchev–Trinajstić information content (AvgIpc) is 3.16. The number of hydrogen-bond donors (Lipinski definition) is 1. The molecule has 2 atom stereocenters. The third-order valence-corrected chi connectivity index (χ3v) is 6.78. The molecule has 2 unspecified atom stereocenters. The van der Waals surface area contributed by atoms with E-state index in [1.54, 1.807) is 0 Å². The molecule has 2 bridgehead atoms. The molecule has 138 valence electrons. The highest BCUT2D eigenvalue weighted by Crippen LogP contribution is 2.34. The average molecular weight is 371 g/mol. The van der Waals surface area contributed by atoms with Crippen LogP contribution < -0.4 is 10.1 Å². The monoisotopic (exact) mass is 370 g/mol. The minimum Gasteiger partial charge on any atom is -0.489 e. The highest BCUT2D eigenvalue weighted by molar-refractivity contribution is 7.12. The van der Waals surface area contributed by atoms with Crippen LogP contribution in [0.15, 0.2) is 35.7 Å². The maximum Gasteiger partial charge on any atom is 0.261 e. The van der Waals surface area contributed by atoms with Gasteiger partial charge in [0.25, 0.3) is 5.91 Å². The Bertz CT molecular complexity index is 774. The van der Waals surface area contributed by atoms with E-state index in [0.717, 1.165) is 34.6 Å². The molecule has 2 fully saturated rings. The summed E-state index contributed by atoms with van der Waals surface area (Å²) in [6.07, 6.45) is 4.70. The molecule has 0 spiro atoms. The van der Waals surface area contributed by atoms with Gasteiger partial charge >= 0.3 is 0 Å². The van der Waals surface area contributed by atoms with Crippen LogP contribution in [0.3, 0.4) is 0 Å². The SMILES string of the molecule is Cc1ccccc1OCc1csc(C(=O)NC2CC3CCC(C2)N3C)c1. The number of aryl methyl sites for hydroxylation is 1. The van der Waals surface area contributed by atoms with E-state index >= 15 is 0 Å². The Morgan fingerprint density at radius 3 is 2.73 bits per heavy atom. The van der Waals surface area contributed by atoms with Crippen molar-refractivity contribution < 1.29 is 9.53 Å². The lowest BCUT2D eigenvalue weighted by Crippen LogP contribution is -2.48. The van der Waals surface area contributed by atoms with Crippen molar-refractivity contribution in [2.75, 3.05) is 7.05 Å². The van der Waals surface area contributed by atoms with E-state index in [4.69, 9.17) is 4.74 Å². The lowest BCUT2D eigenvalue weighted by molar-refractivity contribution is 0.0886. The van der Waals surface area contributed by atoms with Gasteiger partial charge in [-0.25, -0.2) is 0 Å². The molecule has 2 aromatic rings. The number of nitrogens with zero attached hydrogens (tertiary/aromatic N) is 1. The maximum atomic E-state index is 12.6. The van der Waals surface area contributed by atoms with Crippen LogP contribution in [-0.4, -0.2) is 36.0 Å². The van der Waals surface area contributed by atoms with Gasteiger partial charge in [-0.15, -0.1) is 11.3 Å². The summed E-state index contributed by atoms with van der Waals surface area (Å²) in [7, 11) is 2.22. The zero-order valence-corrected chi connectivity index (χ0v) is 16.2. The number of benzene rings is 1. The standard InChI is InChI=1S/C21H26N2O2S/c1-14-5-3-4-6-19(14)25-12-15-9-20(26-13-15)21(24)22-16-10-17-7-8-18(11-16)23(17)2/h3-6,9,13,16-18H,7-8,10-12H2,1-2H3,(H,22,24). The smallest absolute Gasteiger partial charge is 0.261 e. The van der Waals surface area contributed by atoms with E-state index in [1.165, 1.54) is 24.2 Å². The number of nitrogens with one attached hydrogen (secondary N) is 1. The van der Waals surface area contributed by atoms with Crippen molar-refractivity contribution in [2.24, 2.45) is 0 Å². The Balaban J connectivity index is 1.33. The van der Waals surface area contributed by atoms with Crippen LogP contribution in [0.4, 0.5) is 0 Å². The Hall–Kier alpha value is -1.85. The zero-order valence-electron chi connectivity index (χ0n) is 15.4. The second-order valence-corrected chi connectivity index (χ2v) is 8.48. The molecule has 1 aromatic heterocycles.